The highest BCUT2D eigenvalue weighted by Crippen LogP contribution is 2.37. The van der Waals surface area contributed by atoms with Gasteiger partial charge < -0.3 is 9.84 Å². The fourth-order valence-electron chi connectivity index (χ4n) is 2.18. The lowest BCUT2D eigenvalue weighted by molar-refractivity contribution is -0.140. The van der Waals surface area contributed by atoms with Crippen LogP contribution in [0.15, 0.2) is 34.3 Å². The Hall–Kier alpha value is -1.51. The van der Waals surface area contributed by atoms with E-state index < -0.39 is 0 Å². The largest absolute Gasteiger partial charge is 0.512 e. The minimum atomic E-state index is -0.187. The average molecular weight is 234 g/mol. The summed E-state index contributed by atoms with van der Waals surface area (Å²) < 4.78 is 5.30. The first-order valence-corrected chi connectivity index (χ1v) is 6.05. The minimum Gasteiger partial charge on any atom is -0.512 e. The maximum atomic E-state index is 11.3. The highest BCUT2D eigenvalue weighted by molar-refractivity contribution is 5.73. The summed E-state index contributed by atoms with van der Waals surface area (Å²) in [6, 6.07) is 0. The van der Waals surface area contributed by atoms with Gasteiger partial charge in [0.05, 0.1) is 5.76 Å². The fraction of sp³-hybridized carbons (Fsp3) is 0.500. The molecule has 17 heavy (non-hydrogen) atoms. The molecule has 0 radical (unpaired) electrons. The lowest BCUT2D eigenvalue weighted by Crippen LogP contribution is -2.18. The molecule has 0 bridgehead atoms. The van der Waals surface area contributed by atoms with Crippen molar-refractivity contribution in [3.05, 3.63) is 34.3 Å². The number of aliphatic hydroxyl groups is 1. The Morgan fingerprint density at radius 1 is 1.29 bits per heavy atom. The number of ether oxygens (including phenoxy) is 1. The van der Waals surface area contributed by atoms with E-state index in [9.17, 15) is 9.90 Å². The van der Waals surface area contributed by atoms with E-state index in [0.29, 0.717) is 30.8 Å². The number of hydrogen-bond acceptors (Lipinski definition) is 3. The lowest BCUT2D eigenvalue weighted by atomic mass is 9.89. The fourth-order valence-corrected chi connectivity index (χ4v) is 2.18. The van der Waals surface area contributed by atoms with Crippen LogP contribution in [0, 0.1) is 0 Å². The molecule has 1 N–H and O–H groups in total. The molecule has 1 aliphatic carbocycles. The predicted molar refractivity (Wildman–Crippen MR) is 65.3 cm³/mol. The molecule has 0 fully saturated rings. The molecule has 1 aliphatic heterocycles. The highest BCUT2D eigenvalue weighted by atomic mass is 16.5. The van der Waals surface area contributed by atoms with Crippen LogP contribution in [0.1, 0.15) is 46.0 Å². The Labute approximate surface area is 101 Å². The van der Waals surface area contributed by atoms with Crippen LogP contribution in [0.5, 0.6) is 0 Å². The number of rotatable bonds is 2. The summed E-state index contributed by atoms with van der Waals surface area (Å²) in [6.45, 7) is 4.03. The van der Waals surface area contributed by atoms with Crippen LogP contribution >= 0.6 is 0 Å². The molecule has 1 heterocycles. The van der Waals surface area contributed by atoms with Crippen LogP contribution in [0.2, 0.25) is 0 Å². The lowest BCUT2D eigenvalue weighted by Gasteiger charge is -2.26. The first kappa shape index (κ1) is 12.0. The van der Waals surface area contributed by atoms with Gasteiger partial charge in [-0.15, -0.1) is 0 Å². The van der Waals surface area contributed by atoms with Crippen LogP contribution in [0.3, 0.4) is 0 Å². The van der Waals surface area contributed by atoms with Crippen molar-refractivity contribution in [1.29, 1.82) is 0 Å². The van der Waals surface area contributed by atoms with E-state index in [2.05, 4.69) is 0 Å². The Morgan fingerprint density at radius 2 is 2.00 bits per heavy atom. The van der Waals surface area contributed by atoms with Gasteiger partial charge >= 0.3 is 5.97 Å². The van der Waals surface area contributed by atoms with Crippen LogP contribution in [0.4, 0.5) is 0 Å². The maximum absolute atomic E-state index is 11.3. The zero-order valence-electron chi connectivity index (χ0n) is 10.4. The highest BCUT2D eigenvalue weighted by Gasteiger charge is 2.28. The van der Waals surface area contributed by atoms with E-state index in [-0.39, 0.29) is 5.97 Å². The van der Waals surface area contributed by atoms with Crippen LogP contribution < -0.4 is 0 Å². The van der Waals surface area contributed by atoms with Gasteiger partial charge in [-0.25, -0.2) is 0 Å². The molecule has 3 nitrogen and oxygen atoms in total. The zero-order chi connectivity index (χ0) is 12.4. The van der Waals surface area contributed by atoms with Crippen LogP contribution in [-0.4, -0.2) is 11.1 Å². The van der Waals surface area contributed by atoms with E-state index >= 15 is 0 Å². The summed E-state index contributed by atoms with van der Waals surface area (Å²) in [7, 11) is 0. The topological polar surface area (TPSA) is 46.5 Å². The Kier molecular flexibility index (Phi) is 3.36. The standard InChI is InChI=1S/C14H18O3/c1-9(2)3-6-11-12(15)7-4-10-5-8-13(16)17-14(10)11/h3,15H,4-8H2,1-2H3. The van der Waals surface area contributed by atoms with E-state index in [1.54, 1.807) is 0 Å². The molecule has 0 saturated heterocycles. The van der Waals surface area contributed by atoms with Gasteiger partial charge in [0.15, 0.2) is 0 Å². The molecule has 0 spiro atoms. The van der Waals surface area contributed by atoms with E-state index in [1.165, 1.54) is 11.1 Å². The van der Waals surface area contributed by atoms with Gasteiger partial charge in [-0.1, -0.05) is 11.6 Å². The van der Waals surface area contributed by atoms with Crippen molar-refractivity contribution < 1.29 is 14.6 Å². The molecular weight excluding hydrogens is 216 g/mol. The van der Waals surface area contributed by atoms with E-state index in [4.69, 9.17) is 4.74 Å². The third-order valence-electron chi connectivity index (χ3n) is 3.17. The molecule has 2 aliphatic rings. The molecule has 0 aromatic rings. The molecular formula is C14H18O3. The molecule has 0 unspecified atom stereocenters. The summed E-state index contributed by atoms with van der Waals surface area (Å²) in [5.74, 6) is 0.826. The van der Waals surface area contributed by atoms with Gasteiger partial charge in [-0.2, -0.15) is 0 Å². The second-order valence-electron chi connectivity index (χ2n) is 4.82. The number of esters is 1. The van der Waals surface area contributed by atoms with Crippen LogP contribution in [0.25, 0.3) is 0 Å². The Morgan fingerprint density at radius 3 is 2.71 bits per heavy atom. The second kappa shape index (κ2) is 4.78. The molecule has 0 atom stereocenters. The van der Waals surface area contributed by atoms with Gasteiger partial charge in [0.1, 0.15) is 5.76 Å². The monoisotopic (exact) mass is 234 g/mol. The van der Waals surface area contributed by atoms with Crippen molar-refractivity contribution in [3.8, 4) is 0 Å². The Balaban J connectivity index is 2.29. The molecule has 0 amide bonds. The van der Waals surface area contributed by atoms with Crippen molar-refractivity contribution in [2.24, 2.45) is 0 Å². The maximum Gasteiger partial charge on any atom is 0.311 e. The number of carbonyl (C=O) groups is 1. The van der Waals surface area contributed by atoms with E-state index in [1.807, 2.05) is 19.9 Å². The summed E-state index contributed by atoms with van der Waals surface area (Å²) in [5.41, 5.74) is 3.17. The van der Waals surface area contributed by atoms with E-state index in [0.717, 1.165) is 18.4 Å². The van der Waals surface area contributed by atoms with Gasteiger partial charge in [0, 0.05) is 18.4 Å². The summed E-state index contributed by atoms with van der Waals surface area (Å²) in [4.78, 5) is 11.3. The van der Waals surface area contributed by atoms with Crippen molar-refractivity contribution in [2.45, 2.75) is 46.0 Å². The third kappa shape index (κ3) is 2.60. The van der Waals surface area contributed by atoms with Crippen LogP contribution in [-0.2, 0) is 9.53 Å². The van der Waals surface area contributed by atoms with Gasteiger partial charge in [0.25, 0.3) is 0 Å². The second-order valence-corrected chi connectivity index (χ2v) is 4.82. The predicted octanol–water partition coefficient (Wildman–Crippen LogP) is 3.54. The summed E-state index contributed by atoms with van der Waals surface area (Å²) in [6.07, 6.45) is 5.41. The number of allylic oxidation sites excluding steroid dienone is 5. The van der Waals surface area contributed by atoms with Crippen molar-refractivity contribution in [2.75, 3.05) is 0 Å². The smallest absolute Gasteiger partial charge is 0.311 e. The minimum absolute atomic E-state index is 0.187. The van der Waals surface area contributed by atoms with Crippen molar-refractivity contribution in [1.82, 2.24) is 0 Å². The number of hydrogen-bond donors (Lipinski definition) is 1. The van der Waals surface area contributed by atoms with Crippen molar-refractivity contribution >= 4 is 5.97 Å². The van der Waals surface area contributed by atoms with Gasteiger partial charge in [-0.3, -0.25) is 4.79 Å². The number of aliphatic hydroxyl groups excluding tert-OH is 1. The summed E-state index contributed by atoms with van der Waals surface area (Å²) >= 11 is 0. The first-order valence-electron chi connectivity index (χ1n) is 6.05. The average Bonchev–Trinajstić information content (AvgIpc) is 2.27. The normalized spacial score (nSPS) is 20.0. The van der Waals surface area contributed by atoms with Gasteiger partial charge in [-0.05, 0) is 38.7 Å². The zero-order valence-corrected chi connectivity index (χ0v) is 10.4. The van der Waals surface area contributed by atoms with Gasteiger partial charge in [0.2, 0.25) is 0 Å². The van der Waals surface area contributed by atoms with Crippen molar-refractivity contribution in [3.63, 3.8) is 0 Å². The molecule has 2 rings (SSSR count). The SMILES string of the molecule is CC(C)=CCC1=C(O)CCC2=C1OC(=O)CC2. The number of carbonyl (C=O) groups excluding carboxylic acids is 1. The first-order chi connectivity index (χ1) is 8.08. The summed E-state index contributed by atoms with van der Waals surface area (Å²) in [5, 5.41) is 9.93. The Bertz CT molecular complexity index is 434. The molecule has 0 aromatic carbocycles. The molecule has 3 heteroatoms. The molecule has 92 valence electrons. The third-order valence-corrected chi connectivity index (χ3v) is 3.17. The molecule has 0 aromatic heterocycles. The quantitative estimate of drug-likeness (QED) is 0.587. The molecule has 0 saturated carbocycles.